The molecule has 0 fully saturated rings. The lowest BCUT2D eigenvalue weighted by Crippen LogP contribution is -2.51. The molecule has 2 amide bonds. The van der Waals surface area contributed by atoms with Gasteiger partial charge in [-0.3, -0.25) is 9.59 Å². The molecule has 0 aliphatic rings. The second-order valence-electron chi connectivity index (χ2n) is 9.31. The number of fused-ring (bicyclic) bond motifs is 1. The first-order chi connectivity index (χ1) is 19.2. The molecule has 0 aliphatic carbocycles. The van der Waals surface area contributed by atoms with E-state index in [1.807, 2.05) is 0 Å². The fourth-order valence-electron chi connectivity index (χ4n) is 4.22. The van der Waals surface area contributed by atoms with Gasteiger partial charge >= 0.3 is 6.18 Å². The van der Waals surface area contributed by atoms with Gasteiger partial charge in [0.25, 0.3) is 5.91 Å². The number of pyridine rings is 1. The highest BCUT2D eigenvalue weighted by Gasteiger charge is 2.56. The van der Waals surface area contributed by atoms with Crippen molar-refractivity contribution in [3.05, 3.63) is 76.6 Å². The van der Waals surface area contributed by atoms with Crippen LogP contribution >= 0.6 is 0 Å². The van der Waals surface area contributed by atoms with E-state index in [9.17, 15) is 32.3 Å². The zero-order valence-corrected chi connectivity index (χ0v) is 22.2. The number of nitrogens with one attached hydrogen (secondary N) is 1. The summed E-state index contributed by atoms with van der Waals surface area (Å²) in [6.07, 6.45) is -5.90. The standard InChI is InChI=1S/C27H26F4N6O4/c1-4-41-24-17(12-21(32)38)11-20(35-23(24)16-5-7-18(28)8-6-16)26(40,27(29,30)31)13-33-25(39)19-10-15(3)37-22(34-19)9-14(2)36-37/h5-11,40H,4,12-13H2,1-3H3,(H2,32,38)(H,33,39)/t26-/m0/s1. The van der Waals surface area contributed by atoms with Crippen LogP contribution in [0.2, 0.25) is 0 Å². The van der Waals surface area contributed by atoms with Gasteiger partial charge in [-0.2, -0.15) is 18.3 Å². The van der Waals surface area contributed by atoms with E-state index in [0.29, 0.717) is 17.0 Å². The molecular weight excluding hydrogens is 548 g/mol. The van der Waals surface area contributed by atoms with Crippen LogP contribution in [-0.4, -0.2) is 55.8 Å². The maximum Gasteiger partial charge on any atom is 0.424 e. The van der Waals surface area contributed by atoms with Gasteiger partial charge in [0.05, 0.1) is 31.0 Å². The van der Waals surface area contributed by atoms with E-state index in [-0.39, 0.29) is 34.9 Å². The van der Waals surface area contributed by atoms with Crippen molar-refractivity contribution in [2.24, 2.45) is 5.73 Å². The lowest BCUT2D eigenvalue weighted by Gasteiger charge is -2.31. The molecule has 4 aromatic rings. The third-order valence-electron chi connectivity index (χ3n) is 6.18. The molecule has 4 rings (SSSR count). The number of primary amides is 1. The largest absolute Gasteiger partial charge is 0.491 e. The van der Waals surface area contributed by atoms with Crippen LogP contribution in [0.4, 0.5) is 17.6 Å². The minimum atomic E-state index is -5.35. The molecule has 0 saturated heterocycles. The number of hydrogen-bond acceptors (Lipinski definition) is 7. The lowest BCUT2D eigenvalue weighted by atomic mass is 9.93. The molecule has 0 bridgehead atoms. The zero-order chi connectivity index (χ0) is 30.1. The number of hydrogen-bond donors (Lipinski definition) is 3. The highest BCUT2D eigenvalue weighted by molar-refractivity contribution is 5.93. The predicted molar refractivity (Wildman–Crippen MR) is 138 cm³/mol. The SMILES string of the molecule is CCOc1c(CC(N)=O)cc([C@@](O)(CNC(=O)c2cc(C)n3nc(C)cc3n2)C(F)(F)F)nc1-c1ccc(F)cc1. The van der Waals surface area contributed by atoms with Crippen LogP contribution in [0.25, 0.3) is 16.9 Å². The first-order valence-electron chi connectivity index (χ1n) is 12.4. The van der Waals surface area contributed by atoms with Crippen LogP contribution in [-0.2, 0) is 16.8 Å². The topological polar surface area (TPSA) is 145 Å². The smallest absolute Gasteiger partial charge is 0.424 e. The van der Waals surface area contributed by atoms with Crippen LogP contribution in [0.15, 0.2) is 42.5 Å². The highest BCUT2D eigenvalue weighted by atomic mass is 19.4. The second-order valence-corrected chi connectivity index (χ2v) is 9.31. The second kappa shape index (κ2) is 11.1. The Morgan fingerprint density at radius 3 is 2.39 bits per heavy atom. The summed E-state index contributed by atoms with van der Waals surface area (Å²) >= 11 is 0. The van der Waals surface area contributed by atoms with Gasteiger partial charge < -0.3 is 20.9 Å². The monoisotopic (exact) mass is 574 g/mol. The fourth-order valence-corrected chi connectivity index (χ4v) is 4.22. The third-order valence-corrected chi connectivity index (χ3v) is 6.18. The van der Waals surface area contributed by atoms with E-state index < -0.39 is 48.1 Å². The molecule has 0 spiro atoms. The third kappa shape index (κ3) is 5.96. The summed E-state index contributed by atoms with van der Waals surface area (Å²) in [4.78, 5) is 32.9. The Morgan fingerprint density at radius 2 is 1.78 bits per heavy atom. The maximum absolute atomic E-state index is 14.5. The number of nitrogens with zero attached hydrogens (tertiary/aromatic N) is 4. The summed E-state index contributed by atoms with van der Waals surface area (Å²) in [7, 11) is 0. The van der Waals surface area contributed by atoms with Crippen LogP contribution in [0.5, 0.6) is 5.75 Å². The number of rotatable bonds is 9. The van der Waals surface area contributed by atoms with Gasteiger partial charge in [0, 0.05) is 22.9 Å². The maximum atomic E-state index is 14.5. The molecule has 3 aromatic heterocycles. The van der Waals surface area contributed by atoms with Crippen molar-refractivity contribution >= 4 is 17.5 Å². The van der Waals surface area contributed by atoms with Gasteiger partial charge in [-0.1, -0.05) is 0 Å². The van der Waals surface area contributed by atoms with Crippen molar-refractivity contribution < 1.29 is 37.0 Å². The number of carbonyl (C=O) groups is 2. The number of ether oxygens (including phenoxy) is 1. The minimum absolute atomic E-state index is 0.0497. The van der Waals surface area contributed by atoms with Crippen molar-refractivity contribution in [2.45, 2.75) is 39.0 Å². The number of aryl methyl sites for hydroxylation is 2. The Hall–Kier alpha value is -4.59. The van der Waals surface area contributed by atoms with Gasteiger partial charge in [-0.25, -0.2) is 18.9 Å². The van der Waals surface area contributed by atoms with Crippen LogP contribution in [0, 0.1) is 19.7 Å². The molecule has 4 N–H and O–H groups in total. The number of benzene rings is 1. The number of nitrogens with two attached hydrogens (primary N) is 1. The number of carbonyl (C=O) groups excluding carboxylic acids is 2. The Balaban J connectivity index is 1.80. The van der Waals surface area contributed by atoms with E-state index in [4.69, 9.17) is 10.5 Å². The van der Waals surface area contributed by atoms with Gasteiger partial charge in [0.2, 0.25) is 11.5 Å². The first-order valence-corrected chi connectivity index (χ1v) is 12.4. The fraction of sp³-hybridized carbons (Fsp3) is 0.296. The summed E-state index contributed by atoms with van der Waals surface area (Å²) in [6.45, 7) is 3.67. The van der Waals surface area contributed by atoms with Crippen LogP contribution in [0.1, 0.15) is 40.1 Å². The molecular formula is C27H26F4N6O4. The summed E-state index contributed by atoms with van der Waals surface area (Å²) in [6, 6.07) is 8.44. The van der Waals surface area contributed by atoms with Crippen molar-refractivity contribution in [3.63, 3.8) is 0 Å². The predicted octanol–water partition coefficient (Wildman–Crippen LogP) is 3.15. The van der Waals surface area contributed by atoms with Crippen LogP contribution in [0.3, 0.4) is 0 Å². The van der Waals surface area contributed by atoms with Gasteiger partial charge in [0.1, 0.15) is 23.0 Å². The Morgan fingerprint density at radius 1 is 1.10 bits per heavy atom. The first kappa shape index (κ1) is 29.4. The normalized spacial score (nSPS) is 13.2. The molecule has 0 saturated carbocycles. The number of alkyl halides is 3. The molecule has 0 unspecified atom stereocenters. The number of aliphatic hydroxyl groups is 1. The molecule has 14 heteroatoms. The van der Waals surface area contributed by atoms with Crippen molar-refractivity contribution in [2.75, 3.05) is 13.2 Å². The molecule has 216 valence electrons. The molecule has 0 radical (unpaired) electrons. The van der Waals surface area contributed by atoms with Crippen molar-refractivity contribution in [3.8, 4) is 17.0 Å². The minimum Gasteiger partial charge on any atom is -0.491 e. The average molecular weight is 575 g/mol. The molecule has 41 heavy (non-hydrogen) atoms. The van der Waals surface area contributed by atoms with E-state index >= 15 is 0 Å². The Bertz CT molecular complexity index is 1620. The van der Waals surface area contributed by atoms with Gasteiger partial charge in [-0.05, 0) is 57.2 Å². The van der Waals surface area contributed by atoms with E-state index in [2.05, 4.69) is 20.4 Å². The molecule has 3 heterocycles. The highest BCUT2D eigenvalue weighted by Crippen LogP contribution is 2.42. The van der Waals surface area contributed by atoms with Crippen LogP contribution < -0.4 is 15.8 Å². The Kier molecular flexibility index (Phi) is 7.97. The van der Waals surface area contributed by atoms with Crippen molar-refractivity contribution in [1.82, 2.24) is 24.9 Å². The van der Waals surface area contributed by atoms with E-state index in [1.165, 1.54) is 22.7 Å². The molecule has 1 atom stereocenters. The average Bonchev–Trinajstić information content (AvgIpc) is 3.28. The summed E-state index contributed by atoms with van der Waals surface area (Å²) in [5, 5.41) is 17.4. The Labute approximate surface area is 231 Å². The summed E-state index contributed by atoms with van der Waals surface area (Å²) in [5.41, 5.74) is 1.81. The lowest BCUT2D eigenvalue weighted by molar-refractivity contribution is -0.265. The molecule has 1 aromatic carbocycles. The van der Waals surface area contributed by atoms with Gasteiger partial charge in [-0.15, -0.1) is 0 Å². The zero-order valence-electron chi connectivity index (χ0n) is 22.2. The van der Waals surface area contributed by atoms with Gasteiger partial charge in [0.15, 0.2) is 5.65 Å². The number of aromatic nitrogens is 4. The van der Waals surface area contributed by atoms with Crippen molar-refractivity contribution in [1.29, 1.82) is 0 Å². The number of halogens is 4. The number of amides is 2. The van der Waals surface area contributed by atoms with E-state index in [0.717, 1.165) is 18.2 Å². The summed E-state index contributed by atoms with van der Waals surface area (Å²) < 4.78 is 64.2. The summed E-state index contributed by atoms with van der Waals surface area (Å²) in [5.74, 6) is -2.54. The molecule has 0 aliphatic heterocycles. The molecule has 10 nitrogen and oxygen atoms in total. The van der Waals surface area contributed by atoms with E-state index in [1.54, 1.807) is 26.8 Å². The quantitative estimate of drug-likeness (QED) is 0.261.